The van der Waals surface area contributed by atoms with Crippen molar-refractivity contribution in [1.82, 2.24) is 10.6 Å². The van der Waals surface area contributed by atoms with Crippen molar-refractivity contribution in [3.8, 4) is 5.75 Å². The Morgan fingerprint density at radius 3 is 2.82 bits per heavy atom. The lowest BCUT2D eigenvalue weighted by Crippen LogP contribution is -2.38. The van der Waals surface area contributed by atoms with Crippen molar-refractivity contribution in [3.63, 3.8) is 0 Å². The van der Waals surface area contributed by atoms with E-state index in [0.29, 0.717) is 0 Å². The summed E-state index contributed by atoms with van der Waals surface area (Å²) in [7, 11) is 1.72. The molecule has 0 spiro atoms. The van der Waals surface area contributed by atoms with E-state index in [1.807, 2.05) is 11.8 Å². The number of nitrogens with zero attached hydrogens (tertiary/aromatic N) is 1. The summed E-state index contributed by atoms with van der Waals surface area (Å²) in [6.45, 7) is 6.76. The quantitative estimate of drug-likeness (QED) is 0.417. The summed E-state index contributed by atoms with van der Waals surface area (Å²) in [6.07, 6.45) is 4.20. The molecule has 4 nitrogen and oxygen atoms in total. The minimum atomic E-state index is 0.862. The monoisotopic (exact) mass is 323 g/mol. The van der Waals surface area contributed by atoms with Crippen molar-refractivity contribution in [3.05, 3.63) is 29.3 Å². The number of benzene rings is 1. The van der Waals surface area contributed by atoms with E-state index in [1.54, 1.807) is 7.11 Å². The minimum absolute atomic E-state index is 0.862. The molecule has 0 aliphatic rings. The topological polar surface area (TPSA) is 45.7 Å². The third kappa shape index (κ3) is 7.07. The third-order valence-electron chi connectivity index (χ3n) is 3.30. The molecular weight excluding hydrogens is 294 g/mol. The van der Waals surface area contributed by atoms with Gasteiger partial charge < -0.3 is 15.4 Å². The van der Waals surface area contributed by atoms with Gasteiger partial charge in [-0.2, -0.15) is 11.8 Å². The van der Waals surface area contributed by atoms with Crippen LogP contribution in [0.2, 0.25) is 0 Å². The lowest BCUT2D eigenvalue weighted by Gasteiger charge is -2.12. The lowest BCUT2D eigenvalue weighted by molar-refractivity contribution is 0.411. The number of nitrogens with one attached hydrogen (secondary N) is 2. The van der Waals surface area contributed by atoms with Gasteiger partial charge in [0.2, 0.25) is 0 Å². The van der Waals surface area contributed by atoms with Crippen LogP contribution in [0.25, 0.3) is 0 Å². The number of aryl methyl sites for hydroxylation is 1. The van der Waals surface area contributed by atoms with E-state index in [0.717, 1.165) is 49.9 Å². The van der Waals surface area contributed by atoms with Crippen LogP contribution in [0.3, 0.4) is 0 Å². The normalized spacial score (nSPS) is 11.4. The molecule has 1 aromatic carbocycles. The van der Waals surface area contributed by atoms with Crippen molar-refractivity contribution in [2.24, 2.45) is 4.99 Å². The van der Waals surface area contributed by atoms with Gasteiger partial charge in [-0.15, -0.1) is 0 Å². The minimum Gasteiger partial charge on any atom is -0.496 e. The summed E-state index contributed by atoms with van der Waals surface area (Å²) >= 11 is 1.86. The van der Waals surface area contributed by atoms with Crippen LogP contribution in [-0.4, -0.2) is 44.7 Å². The van der Waals surface area contributed by atoms with Crippen LogP contribution in [-0.2, 0) is 6.42 Å². The van der Waals surface area contributed by atoms with E-state index in [9.17, 15) is 0 Å². The van der Waals surface area contributed by atoms with Crippen LogP contribution in [0.5, 0.6) is 5.75 Å². The molecule has 0 unspecified atom stereocenters. The zero-order valence-electron chi connectivity index (χ0n) is 14.2. The van der Waals surface area contributed by atoms with Gasteiger partial charge in [0.05, 0.1) is 7.11 Å². The first kappa shape index (κ1) is 18.7. The predicted octanol–water partition coefficient (Wildman–Crippen LogP) is 2.85. The second kappa shape index (κ2) is 11.2. The molecule has 2 N–H and O–H groups in total. The number of aliphatic imine (C=N–C) groups is 1. The van der Waals surface area contributed by atoms with E-state index in [-0.39, 0.29) is 0 Å². The smallest absolute Gasteiger partial charge is 0.191 e. The predicted molar refractivity (Wildman–Crippen MR) is 98.4 cm³/mol. The number of methoxy groups -OCH3 is 1. The van der Waals surface area contributed by atoms with Crippen LogP contribution < -0.4 is 15.4 Å². The Labute approximate surface area is 139 Å². The molecule has 1 aromatic rings. The number of hydrogen-bond donors (Lipinski definition) is 2. The largest absolute Gasteiger partial charge is 0.496 e. The highest BCUT2D eigenvalue weighted by atomic mass is 32.2. The Bertz CT molecular complexity index is 463. The van der Waals surface area contributed by atoms with Crippen LogP contribution >= 0.6 is 11.8 Å². The summed E-state index contributed by atoms with van der Waals surface area (Å²) < 4.78 is 5.37. The SMILES string of the molecule is CCNC(=NCCCSC)NCCc1ccc(C)c(OC)c1. The van der Waals surface area contributed by atoms with E-state index in [4.69, 9.17) is 4.74 Å². The Balaban J connectivity index is 2.44. The van der Waals surface area contributed by atoms with Crippen molar-refractivity contribution in [2.75, 3.05) is 38.8 Å². The van der Waals surface area contributed by atoms with E-state index in [1.165, 1.54) is 11.1 Å². The summed E-state index contributed by atoms with van der Waals surface area (Å²) in [6, 6.07) is 6.37. The molecule has 0 aliphatic heterocycles. The number of hydrogen-bond acceptors (Lipinski definition) is 3. The van der Waals surface area contributed by atoms with Gasteiger partial charge in [0.15, 0.2) is 5.96 Å². The fourth-order valence-electron chi connectivity index (χ4n) is 2.09. The molecule has 0 amide bonds. The molecule has 22 heavy (non-hydrogen) atoms. The van der Waals surface area contributed by atoms with Gasteiger partial charge in [-0.05, 0) is 55.9 Å². The maximum atomic E-state index is 5.37. The molecule has 0 bridgehead atoms. The fourth-order valence-corrected chi connectivity index (χ4v) is 2.50. The van der Waals surface area contributed by atoms with Gasteiger partial charge in [0.1, 0.15) is 5.75 Å². The summed E-state index contributed by atoms with van der Waals surface area (Å²) in [5, 5.41) is 6.67. The Hall–Kier alpha value is -1.36. The first-order chi connectivity index (χ1) is 10.7. The van der Waals surface area contributed by atoms with Crippen molar-refractivity contribution in [1.29, 1.82) is 0 Å². The van der Waals surface area contributed by atoms with Gasteiger partial charge >= 0.3 is 0 Å². The number of thioether (sulfide) groups is 1. The van der Waals surface area contributed by atoms with E-state index in [2.05, 4.69) is 53.9 Å². The first-order valence-corrected chi connectivity index (χ1v) is 9.25. The standard InChI is InChI=1S/C17H29N3OS/c1-5-18-17(19-10-6-12-22-4)20-11-9-15-8-7-14(2)16(13-15)21-3/h7-8,13H,5-6,9-12H2,1-4H3,(H2,18,19,20). The molecule has 0 fully saturated rings. The van der Waals surface area contributed by atoms with Crippen molar-refractivity contribution in [2.45, 2.75) is 26.7 Å². The number of rotatable bonds is 9. The number of guanidine groups is 1. The van der Waals surface area contributed by atoms with Gasteiger partial charge in [0.25, 0.3) is 0 Å². The maximum absolute atomic E-state index is 5.37. The fraction of sp³-hybridized carbons (Fsp3) is 0.588. The molecular formula is C17H29N3OS. The summed E-state index contributed by atoms with van der Waals surface area (Å²) in [5.74, 6) is 3.02. The molecule has 0 saturated carbocycles. The highest BCUT2D eigenvalue weighted by Crippen LogP contribution is 2.18. The average molecular weight is 324 g/mol. The second-order valence-electron chi connectivity index (χ2n) is 5.09. The molecule has 124 valence electrons. The zero-order chi connectivity index (χ0) is 16.2. The Morgan fingerprint density at radius 1 is 1.32 bits per heavy atom. The van der Waals surface area contributed by atoms with E-state index >= 15 is 0 Å². The molecule has 5 heteroatoms. The van der Waals surface area contributed by atoms with Gasteiger partial charge in [-0.1, -0.05) is 12.1 Å². The summed E-state index contributed by atoms with van der Waals surface area (Å²) in [5.41, 5.74) is 2.44. The maximum Gasteiger partial charge on any atom is 0.191 e. The molecule has 1 rings (SSSR count). The van der Waals surface area contributed by atoms with E-state index < -0.39 is 0 Å². The molecule has 0 aliphatic carbocycles. The molecule has 0 aromatic heterocycles. The first-order valence-electron chi connectivity index (χ1n) is 7.85. The van der Waals surface area contributed by atoms with Crippen LogP contribution in [0.15, 0.2) is 23.2 Å². The van der Waals surface area contributed by atoms with Gasteiger partial charge in [-0.25, -0.2) is 0 Å². The highest BCUT2D eigenvalue weighted by molar-refractivity contribution is 7.98. The van der Waals surface area contributed by atoms with Crippen LogP contribution in [0.1, 0.15) is 24.5 Å². The Morgan fingerprint density at radius 2 is 2.14 bits per heavy atom. The molecule has 0 atom stereocenters. The average Bonchev–Trinajstić information content (AvgIpc) is 2.53. The highest BCUT2D eigenvalue weighted by Gasteiger charge is 2.01. The molecule has 0 radical (unpaired) electrons. The van der Waals surface area contributed by atoms with Crippen LogP contribution in [0.4, 0.5) is 0 Å². The zero-order valence-corrected chi connectivity index (χ0v) is 15.1. The Kier molecular flexibility index (Phi) is 9.55. The van der Waals surface area contributed by atoms with Gasteiger partial charge in [0, 0.05) is 19.6 Å². The van der Waals surface area contributed by atoms with Crippen molar-refractivity contribution >= 4 is 17.7 Å². The third-order valence-corrected chi connectivity index (χ3v) is 4.00. The lowest BCUT2D eigenvalue weighted by atomic mass is 10.1. The van der Waals surface area contributed by atoms with Crippen LogP contribution in [0, 0.1) is 6.92 Å². The second-order valence-corrected chi connectivity index (χ2v) is 6.07. The molecule has 0 saturated heterocycles. The summed E-state index contributed by atoms with van der Waals surface area (Å²) in [4.78, 5) is 4.59. The number of ether oxygens (including phenoxy) is 1. The van der Waals surface area contributed by atoms with Gasteiger partial charge in [-0.3, -0.25) is 4.99 Å². The van der Waals surface area contributed by atoms with Crippen molar-refractivity contribution < 1.29 is 4.74 Å². The molecule has 0 heterocycles.